The standard InChI is InChI=1S/C24H26Cl2N2O2/c1-23(2)11-16-12-24(3,13-23)14-28(16)22(30)18-6-4-5-7-20(18)27-21(29)17-9-8-15(25)10-19(17)26/h4-10,16H,11-14H2,1-3H3,(H,27,29). The molecule has 2 aromatic rings. The minimum Gasteiger partial charge on any atom is -0.335 e. The molecule has 4 rings (SSSR count). The fourth-order valence-electron chi connectivity index (χ4n) is 5.49. The maximum atomic E-state index is 13.5. The lowest BCUT2D eigenvalue weighted by atomic mass is 9.65. The summed E-state index contributed by atoms with van der Waals surface area (Å²) in [5.74, 6) is -0.398. The van der Waals surface area contributed by atoms with Gasteiger partial charge in [-0.3, -0.25) is 9.59 Å². The lowest BCUT2D eigenvalue weighted by Gasteiger charge is -2.39. The summed E-state index contributed by atoms with van der Waals surface area (Å²) in [6, 6.07) is 12.1. The smallest absolute Gasteiger partial charge is 0.257 e. The van der Waals surface area contributed by atoms with Crippen LogP contribution in [0.15, 0.2) is 42.5 Å². The Hall–Kier alpha value is -2.04. The fourth-order valence-corrected chi connectivity index (χ4v) is 5.99. The van der Waals surface area contributed by atoms with E-state index < -0.39 is 0 Å². The summed E-state index contributed by atoms with van der Waals surface area (Å²) in [6.07, 6.45) is 3.16. The number of amides is 2. The van der Waals surface area contributed by atoms with E-state index in [1.165, 1.54) is 6.07 Å². The minimum absolute atomic E-state index is 0.0282. The van der Waals surface area contributed by atoms with Gasteiger partial charge in [0, 0.05) is 17.6 Å². The van der Waals surface area contributed by atoms with Crippen molar-refractivity contribution in [2.75, 3.05) is 11.9 Å². The number of halogens is 2. The number of nitrogens with one attached hydrogen (secondary N) is 1. The Bertz CT molecular complexity index is 1020. The van der Waals surface area contributed by atoms with Gasteiger partial charge in [0.15, 0.2) is 0 Å². The van der Waals surface area contributed by atoms with Crippen molar-refractivity contribution in [3.05, 3.63) is 63.6 Å². The van der Waals surface area contributed by atoms with Crippen molar-refractivity contribution in [1.29, 1.82) is 0 Å². The van der Waals surface area contributed by atoms with Gasteiger partial charge >= 0.3 is 0 Å². The van der Waals surface area contributed by atoms with E-state index in [0.29, 0.717) is 21.8 Å². The van der Waals surface area contributed by atoms with E-state index in [0.717, 1.165) is 25.8 Å². The first-order valence-corrected chi connectivity index (χ1v) is 11.0. The van der Waals surface area contributed by atoms with Crippen LogP contribution in [0.4, 0.5) is 5.69 Å². The number of rotatable bonds is 3. The van der Waals surface area contributed by atoms with Gasteiger partial charge in [0.1, 0.15) is 0 Å². The number of hydrogen-bond acceptors (Lipinski definition) is 2. The van der Waals surface area contributed by atoms with E-state index >= 15 is 0 Å². The predicted molar refractivity (Wildman–Crippen MR) is 121 cm³/mol. The third-order valence-electron chi connectivity index (χ3n) is 6.26. The number of para-hydroxylation sites is 1. The van der Waals surface area contributed by atoms with E-state index in [2.05, 4.69) is 26.1 Å². The van der Waals surface area contributed by atoms with Gasteiger partial charge in [0.05, 0.1) is 21.8 Å². The average Bonchev–Trinajstić information content (AvgIpc) is 2.90. The second kappa shape index (κ2) is 7.58. The number of carbonyl (C=O) groups is 2. The zero-order chi connectivity index (χ0) is 21.7. The van der Waals surface area contributed by atoms with Crippen molar-refractivity contribution in [3.63, 3.8) is 0 Å². The van der Waals surface area contributed by atoms with E-state index in [4.69, 9.17) is 23.2 Å². The lowest BCUT2D eigenvalue weighted by molar-refractivity contribution is 0.0709. The molecule has 1 aliphatic carbocycles. The molecule has 2 atom stereocenters. The summed E-state index contributed by atoms with van der Waals surface area (Å²) in [6.45, 7) is 7.61. The quantitative estimate of drug-likeness (QED) is 0.604. The molecule has 2 aliphatic rings. The van der Waals surface area contributed by atoms with Crippen LogP contribution in [0.3, 0.4) is 0 Å². The number of nitrogens with zero attached hydrogens (tertiary/aromatic N) is 1. The fraction of sp³-hybridized carbons (Fsp3) is 0.417. The molecule has 1 aliphatic heterocycles. The molecular formula is C24H26Cl2N2O2. The Morgan fingerprint density at radius 1 is 1.03 bits per heavy atom. The topological polar surface area (TPSA) is 49.4 Å². The van der Waals surface area contributed by atoms with Crippen LogP contribution in [0, 0.1) is 10.8 Å². The predicted octanol–water partition coefficient (Wildman–Crippen LogP) is 6.29. The van der Waals surface area contributed by atoms with Crippen molar-refractivity contribution >= 4 is 40.7 Å². The third kappa shape index (κ3) is 4.08. The van der Waals surface area contributed by atoms with Crippen molar-refractivity contribution in [3.8, 4) is 0 Å². The average molecular weight is 445 g/mol. The van der Waals surface area contributed by atoms with Gasteiger partial charge in [-0.15, -0.1) is 0 Å². The Labute approximate surface area is 187 Å². The molecule has 158 valence electrons. The normalized spacial score (nSPS) is 24.6. The molecular weight excluding hydrogens is 419 g/mol. The highest BCUT2D eigenvalue weighted by molar-refractivity contribution is 6.37. The number of hydrogen-bond donors (Lipinski definition) is 1. The molecule has 1 saturated carbocycles. The summed E-state index contributed by atoms with van der Waals surface area (Å²) < 4.78 is 0. The van der Waals surface area contributed by atoms with Crippen LogP contribution in [0.25, 0.3) is 0 Å². The first kappa shape index (κ1) is 21.2. The Kier molecular flexibility index (Phi) is 5.36. The van der Waals surface area contributed by atoms with Crippen LogP contribution < -0.4 is 5.32 Å². The minimum atomic E-state index is -0.370. The molecule has 2 fully saturated rings. The van der Waals surface area contributed by atoms with Gasteiger partial charge in [0.25, 0.3) is 11.8 Å². The summed E-state index contributed by atoms with van der Waals surface area (Å²) >= 11 is 12.1. The highest BCUT2D eigenvalue weighted by Crippen LogP contribution is 2.52. The Morgan fingerprint density at radius 3 is 2.50 bits per heavy atom. The van der Waals surface area contributed by atoms with Crippen LogP contribution in [-0.4, -0.2) is 29.3 Å². The van der Waals surface area contributed by atoms with Crippen molar-refractivity contribution in [1.82, 2.24) is 4.90 Å². The number of likely N-dealkylation sites (tertiary alicyclic amines) is 1. The van der Waals surface area contributed by atoms with Crippen LogP contribution >= 0.6 is 23.2 Å². The van der Waals surface area contributed by atoms with Crippen LogP contribution in [0.2, 0.25) is 10.0 Å². The summed E-state index contributed by atoms with van der Waals surface area (Å²) in [7, 11) is 0. The summed E-state index contributed by atoms with van der Waals surface area (Å²) in [4.78, 5) is 28.3. The summed E-state index contributed by atoms with van der Waals surface area (Å²) in [5.41, 5.74) is 1.69. The molecule has 0 spiro atoms. The van der Waals surface area contributed by atoms with Crippen LogP contribution in [-0.2, 0) is 0 Å². The Balaban J connectivity index is 1.59. The molecule has 4 nitrogen and oxygen atoms in total. The maximum absolute atomic E-state index is 13.5. The Morgan fingerprint density at radius 2 is 1.77 bits per heavy atom. The molecule has 0 aromatic heterocycles. The van der Waals surface area contributed by atoms with Crippen molar-refractivity contribution in [2.45, 2.75) is 46.1 Å². The molecule has 1 N–H and O–H groups in total. The van der Waals surface area contributed by atoms with E-state index in [1.54, 1.807) is 24.3 Å². The zero-order valence-corrected chi connectivity index (χ0v) is 19.0. The molecule has 1 saturated heterocycles. The monoisotopic (exact) mass is 444 g/mol. The van der Waals surface area contributed by atoms with Gasteiger partial charge in [-0.05, 0) is 60.4 Å². The number of anilines is 1. The van der Waals surface area contributed by atoms with Crippen molar-refractivity contribution < 1.29 is 9.59 Å². The van der Waals surface area contributed by atoms with Gasteiger partial charge < -0.3 is 10.2 Å². The lowest BCUT2D eigenvalue weighted by Crippen LogP contribution is -2.38. The number of fused-ring (bicyclic) bond motifs is 2. The highest BCUT2D eigenvalue weighted by Gasteiger charge is 2.51. The van der Waals surface area contributed by atoms with Crippen LogP contribution in [0.1, 0.15) is 60.7 Å². The van der Waals surface area contributed by atoms with Gasteiger partial charge in [0.2, 0.25) is 0 Å². The second-order valence-corrected chi connectivity index (χ2v) is 10.6. The van der Waals surface area contributed by atoms with Crippen molar-refractivity contribution in [2.24, 2.45) is 10.8 Å². The van der Waals surface area contributed by atoms with Crippen LogP contribution in [0.5, 0.6) is 0 Å². The molecule has 6 heteroatoms. The molecule has 2 aromatic carbocycles. The SMILES string of the molecule is CC1(C)CC2CC(C)(CN2C(=O)c2ccccc2NC(=O)c2ccc(Cl)cc2Cl)C1. The highest BCUT2D eigenvalue weighted by atomic mass is 35.5. The van der Waals surface area contributed by atoms with E-state index in [1.807, 2.05) is 17.0 Å². The maximum Gasteiger partial charge on any atom is 0.257 e. The largest absolute Gasteiger partial charge is 0.335 e. The van der Waals surface area contributed by atoms with Gasteiger partial charge in [-0.25, -0.2) is 0 Å². The summed E-state index contributed by atoms with van der Waals surface area (Å²) in [5, 5.41) is 3.60. The number of benzene rings is 2. The first-order valence-electron chi connectivity index (χ1n) is 10.2. The van der Waals surface area contributed by atoms with Gasteiger partial charge in [-0.2, -0.15) is 0 Å². The molecule has 1 heterocycles. The van der Waals surface area contributed by atoms with E-state index in [9.17, 15) is 9.59 Å². The van der Waals surface area contributed by atoms with E-state index in [-0.39, 0.29) is 33.7 Å². The molecule has 30 heavy (non-hydrogen) atoms. The molecule has 2 bridgehead atoms. The molecule has 2 unspecified atom stereocenters. The zero-order valence-electron chi connectivity index (χ0n) is 17.5. The second-order valence-electron chi connectivity index (χ2n) is 9.77. The first-order chi connectivity index (χ1) is 14.1. The molecule has 0 radical (unpaired) electrons. The molecule has 2 amide bonds. The third-order valence-corrected chi connectivity index (χ3v) is 6.80. The van der Waals surface area contributed by atoms with Gasteiger partial charge in [-0.1, -0.05) is 56.1 Å². The number of carbonyl (C=O) groups excluding carboxylic acids is 2.